The van der Waals surface area contributed by atoms with E-state index in [-0.39, 0.29) is 32.4 Å². The van der Waals surface area contributed by atoms with Crippen LogP contribution in [0.1, 0.15) is 28.4 Å². The highest BCUT2D eigenvalue weighted by molar-refractivity contribution is 6.02. The van der Waals surface area contributed by atoms with Crippen molar-refractivity contribution in [3.05, 3.63) is 60.2 Å². The van der Waals surface area contributed by atoms with Crippen molar-refractivity contribution in [1.82, 2.24) is 0 Å². The molecule has 1 heterocycles. The van der Waals surface area contributed by atoms with E-state index in [0.29, 0.717) is 28.6 Å². The summed E-state index contributed by atoms with van der Waals surface area (Å²) in [7, 11) is 3.08. The zero-order valence-corrected chi connectivity index (χ0v) is 16.5. The molecule has 1 aliphatic heterocycles. The van der Waals surface area contributed by atoms with Crippen molar-refractivity contribution in [1.29, 1.82) is 0 Å². The van der Waals surface area contributed by atoms with Gasteiger partial charge in [-0.1, -0.05) is 24.8 Å². The number of carbonyl (C=O) groups is 1. The lowest BCUT2D eigenvalue weighted by Crippen LogP contribution is -2.21. The molecule has 0 saturated heterocycles. The van der Waals surface area contributed by atoms with Gasteiger partial charge in [0.25, 0.3) is 0 Å². The fourth-order valence-electron chi connectivity index (χ4n) is 2.99. The highest BCUT2D eigenvalue weighted by Gasteiger charge is 2.31. The number of hydrogen-bond donors (Lipinski definition) is 0. The molecule has 0 saturated carbocycles. The number of hydrogen-bond acceptors (Lipinski definition) is 7. The summed E-state index contributed by atoms with van der Waals surface area (Å²) in [4.78, 5) is 12.9. The molecule has 0 radical (unpaired) electrons. The Hall–Kier alpha value is -3.03. The molecule has 7 nitrogen and oxygen atoms in total. The van der Waals surface area contributed by atoms with Crippen molar-refractivity contribution in [3.63, 3.8) is 0 Å². The molecule has 0 spiro atoms. The van der Waals surface area contributed by atoms with E-state index in [1.54, 1.807) is 25.3 Å². The zero-order chi connectivity index (χ0) is 20.6. The van der Waals surface area contributed by atoms with Crippen LogP contribution in [0.3, 0.4) is 0 Å². The minimum absolute atomic E-state index is 0.0654. The first kappa shape index (κ1) is 20.7. The molecule has 154 valence electrons. The van der Waals surface area contributed by atoms with E-state index < -0.39 is 6.10 Å². The lowest BCUT2D eigenvalue weighted by atomic mass is 9.95. The first-order valence-electron chi connectivity index (χ1n) is 9.11. The van der Waals surface area contributed by atoms with Gasteiger partial charge in [0, 0.05) is 26.4 Å². The number of fused-ring (bicyclic) bond motifs is 1. The largest absolute Gasteiger partial charge is 0.488 e. The van der Waals surface area contributed by atoms with Crippen LogP contribution in [0.15, 0.2) is 49.1 Å². The molecule has 0 aliphatic carbocycles. The molecule has 0 fully saturated rings. The molecule has 7 heteroatoms. The number of ketones is 1. The third-order valence-electron chi connectivity index (χ3n) is 4.23. The highest BCUT2D eigenvalue weighted by Crippen LogP contribution is 2.42. The monoisotopic (exact) mass is 400 g/mol. The van der Waals surface area contributed by atoms with Gasteiger partial charge in [0.05, 0.1) is 6.42 Å². The van der Waals surface area contributed by atoms with Crippen LogP contribution in [-0.4, -0.2) is 40.2 Å². The van der Waals surface area contributed by atoms with E-state index in [9.17, 15) is 4.79 Å². The van der Waals surface area contributed by atoms with Crippen molar-refractivity contribution in [3.8, 4) is 23.0 Å². The number of Topliss-reactive ketones (excluding diaryl/α,β-unsaturated/α-hetero) is 1. The molecular formula is C22H24O7. The van der Waals surface area contributed by atoms with Crippen molar-refractivity contribution >= 4 is 5.78 Å². The van der Waals surface area contributed by atoms with Crippen molar-refractivity contribution < 1.29 is 33.2 Å². The van der Waals surface area contributed by atoms with E-state index in [0.717, 1.165) is 5.56 Å². The Balaban J connectivity index is 1.91. The van der Waals surface area contributed by atoms with Gasteiger partial charge >= 0.3 is 0 Å². The Kier molecular flexibility index (Phi) is 7.10. The fraction of sp³-hybridized carbons (Fsp3) is 0.318. The van der Waals surface area contributed by atoms with Gasteiger partial charge in [-0.05, 0) is 17.7 Å². The van der Waals surface area contributed by atoms with Gasteiger partial charge in [0.1, 0.15) is 41.3 Å². The third kappa shape index (κ3) is 5.07. The molecule has 1 aliphatic rings. The van der Waals surface area contributed by atoms with Gasteiger partial charge in [-0.3, -0.25) is 4.79 Å². The molecule has 29 heavy (non-hydrogen) atoms. The predicted octanol–water partition coefficient (Wildman–Crippen LogP) is 3.92. The summed E-state index contributed by atoms with van der Waals surface area (Å²) in [6.45, 7) is 4.11. The second-order valence-corrected chi connectivity index (χ2v) is 6.30. The Morgan fingerprint density at radius 1 is 1.07 bits per heavy atom. The van der Waals surface area contributed by atoms with Crippen molar-refractivity contribution in [2.75, 3.05) is 34.4 Å². The normalized spacial score (nSPS) is 15.2. The molecule has 1 atom stereocenters. The van der Waals surface area contributed by atoms with E-state index in [1.165, 1.54) is 7.11 Å². The van der Waals surface area contributed by atoms with Crippen LogP contribution < -0.4 is 18.9 Å². The highest BCUT2D eigenvalue weighted by atomic mass is 16.7. The van der Waals surface area contributed by atoms with Crippen LogP contribution in [0.4, 0.5) is 0 Å². The smallest absolute Gasteiger partial charge is 0.188 e. The second kappa shape index (κ2) is 9.95. The molecule has 3 rings (SSSR count). The van der Waals surface area contributed by atoms with Crippen LogP contribution in [0.5, 0.6) is 23.0 Å². The van der Waals surface area contributed by atoms with Gasteiger partial charge in [-0.25, -0.2) is 0 Å². The van der Waals surface area contributed by atoms with E-state index >= 15 is 0 Å². The fourth-order valence-corrected chi connectivity index (χ4v) is 2.99. The zero-order valence-electron chi connectivity index (χ0n) is 16.5. The minimum atomic E-state index is -0.453. The quantitative estimate of drug-likeness (QED) is 0.442. The SMILES string of the molecule is C=CCOc1cc(OCOC)cc2c1C(=O)CC(c1cccc(OCOC)c1)O2. The topological polar surface area (TPSA) is 72.5 Å². The molecule has 2 aromatic rings. The van der Waals surface area contributed by atoms with Crippen molar-refractivity contribution in [2.45, 2.75) is 12.5 Å². The Morgan fingerprint density at radius 2 is 1.83 bits per heavy atom. The number of carbonyl (C=O) groups excluding carboxylic acids is 1. The van der Waals surface area contributed by atoms with Crippen molar-refractivity contribution in [2.24, 2.45) is 0 Å². The summed E-state index contributed by atoms with van der Waals surface area (Å²) in [5.74, 6) is 1.85. The molecule has 0 bridgehead atoms. The van der Waals surface area contributed by atoms with Gasteiger partial charge in [-0.15, -0.1) is 0 Å². The number of rotatable bonds is 10. The first-order valence-corrected chi connectivity index (χ1v) is 9.11. The van der Waals surface area contributed by atoms with Gasteiger partial charge in [0.15, 0.2) is 19.4 Å². The van der Waals surface area contributed by atoms with Gasteiger partial charge < -0.3 is 28.4 Å². The lowest BCUT2D eigenvalue weighted by Gasteiger charge is -2.27. The number of benzene rings is 2. The summed E-state index contributed by atoms with van der Waals surface area (Å²) in [5, 5.41) is 0. The molecule has 1 unspecified atom stereocenters. The predicted molar refractivity (Wildman–Crippen MR) is 106 cm³/mol. The number of methoxy groups -OCH3 is 2. The first-order chi connectivity index (χ1) is 14.2. The van der Waals surface area contributed by atoms with Gasteiger partial charge in [-0.2, -0.15) is 0 Å². The van der Waals surface area contributed by atoms with Crippen LogP contribution in [0, 0.1) is 0 Å². The number of ether oxygens (including phenoxy) is 6. The van der Waals surface area contributed by atoms with Gasteiger partial charge in [0.2, 0.25) is 0 Å². The van der Waals surface area contributed by atoms with Crippen LogP contribution >= 0.6 is 0 Å². The van der Waals surface area contributed by atoms with Crippen LogP contribution in [0.2, 0.25) is 0 Å². The molecular weight excluding hydrogens is 376 g/mol. The van der Waals surface area contributed by atoms with Crippen LogP contribution in [0.25, 0.3) is 0 Å². The molecule has 0 aromatic heterocycles. The summed E-state index contributed by atoms with van der Waals surface area (Å²) >= 11 is 0. The lowest BCUT2D eigenvalue weighted by molar-refractivity contribution is 0.0500. The standard InChI is InChI=1S/C22H24O7/c1-4-8-26-20-10-17(28-14-25-3)11-21-22(20)18(23)12-19(29-21)15-6-5-7-16(9-15)27-13-24-2/h4-7,9-11,19H,1,8,12-14H2,2-3H3. The average molecular weight is 400 g/mol. The summed E-state index contributed by atoms with van der Waals surface area (Å²) in [6, 6.07) is 10.7. The maximum atomic E-state index is 12.9. The average Bonchev–Trinajstić information content (AvgIpc) is 2.74. The van der Waals surface area contributed by atoms with E-state index in [4.69, 9.17) is 28.4 Å². The minimum Gasteiger partial charge on any atom is -0.488 e. The Bertz CT molecular complexity index is 862. The Morgan fingerprint density at radius 3 is 2.55 bits per heavy atom. The summed E-state index contributed by atoms with van der Waals surface area (Å²) in [6.07, 6.45) is 1.34. The van der Waals surface area contributed by atoms with E-state index in [2.05, 4.69) is 6.58 Å². The molecule has 0 N–H and O–H groups in total. The molecule has 2 aromatic carbocycles. The Labute approximate surface area is 169 Å². The summed E-state index contributed by atoms with van der Waals surface area (Å²) in [5.41, 5.74) is 1.23. The maximum absolute atomic E-state index is 12.9. The third-order valence-corrected chi connectivity index (χ3v) is 4.23. The second-order valence-electron chi connectivity index (χ2n) is 6.30. The maximum Gasteiger partial charge on any atom is 0.188 e. The molecule has 0 amide bonds. The van der Waals surface area contributed by atoms with Crippen LogP contribution in [-0.2, 0) is 9.47 Å². The summed E-state index contributed by atoms with van der Waals surface area (Å²) < 4.78 is 32.7. The van der Waals surface area contributed by atoms with E-state index in [1.807, 2.05) is 24.3 Å².